The van der Waals surface area contributed by atoms with E-state index in [0.29, 0.717) is 6.54 Å². The molecule has 8 nitrogen and oxygen atoms in total. The SMILES string of the molecule is C[C@@H](N)CNc1ccc([N+](=O)[O-])cc1[N+](=O)[O-]. The van der Waals surface area contributed by atoms with Crippen LogP contribution in [-0.4, -0.2) is 22.4 Å². The third kappa shape index (κ3) is 3.38. The predicted molar refractivity (Wildman–Crippen MR) is 61.9 cm³/mol. The highest BCUT2D eigenvalue weighted by Gasteiger charge is 2.19. The van der Waals surface area contributed by atoms with Crippen molar-refractivity contribution in [3.63, 3.8) is 0 Å². The summed E-state index contributed by atoms with van der Waals surface area (Å²) in [5.74, 6) is 0. The van der Waals surface area contributed by atoms with E-state index in [-0.39, 0.29) is 23.1 Å². The highest BCUT2D eigenvalue weighted by Crippen LogP contribution is 2.28. The second-order valence-electron chi connectivity index (χ2n) is 3.57. The molecule has 0 saturated heterocycles. The third-order valence-electron chi connectivity index (χ3n) is 2.00. The fourth-order valence-electron chi connectivity index (χ4n) is 1.21. The quantitative estimate of drug-likeness (QED) is 0.589. The zero-order valence-corrected chi connectivity index (χ0v) is 9.12. The molecule has 0 bridgehead atoms. The second kappa shape index (κ2) is 5.21. The molecule has 1 rings (SSSR count). The fraction of sp³-hybridized carbons (Fsp3) is 0.333. The molecular weight excluding hydrogens is 228 g/mol. The third-order valence-corrected chi connectivity index (χ3v) is 2.00. The van der Waals surface area contributed by atoms with E-state index in [2.05, 4.69) is 5.32 Å². The first-order chi connectivity index (χ1) is 7.91. The van der Waals surface area contributed by atoms with Crippen LogP contribution in [0, 0.1) is 20.2 Å². The van der Waals surface area contributed by atoms with Crippen LogP contribution < -0.4 is 11.1 Å². The molecule has 8 heteroatoms. The molecule has 0 heterocycles. The zero-order valence-electron chi connectivity index (χ0n) is 9.12. The van der Waals surface area contributed by atoms with Gasteiger partial charge < -0.3 is 11.1 Å². The number of anilines is 1. The van der Waals surface area contributed by atoms with Crippen molar-refractivity contribution in [3.05, 3.63) is 38.4 Å². The first-order valence-corrected chi connectivity index (χ1v) is 4.84. The Morgan fingerprint density at radius 3 is 2.47 bits per heavy atom. The lowest BCUT2D eigenvalue weighted by Crippen LogP contribution is -2.25. The minimum atomic E-state index is -0.678. The zero-order chi connectivity index (χ0) is 13.0. The van der Waals surface area contributed by atoms with Crippen LogP contribution in [0.25, 0.3) is 0 Å². The highest BCUT2D eigenvalue weighted by atomic mass is 16.6. The van der Waals surface area contributed by atoms with Crippen molar-refractivity contribution in [2.45, 2.75) is 13.0 Å². The summed E-state index contributed by atoms with van der Waals surface area (Å²) in [5, 5.41) is 24.0. The van der Waals surface area contributed by atoms with Crippen LogP contribution in [0.1, 0.15) is 6.92 Å². The lowest BCUT2D eigenvalue weighted by molar-refractivity contribution is -0.393. The Hall–Kier alpha value is -2.22. The Kier molecular flexibility index (Phi) is 3.94. The number of nitro benzene ring substituents is 2. The van der Waals surface area contributed by atoms with Crippen molar-refractivity contribution < 1.29 is 9.85 Å². The molecule has 92 valence electrons. The predicted octanol–water partition coefficient (Wildman–Crippen LogP) is 1.26. The smallest absolute Gasteiger partial charge is 0.299 e. The maximum absolute atomic E-state index is 10.8. The van der Waals surface area contributed by atoms with Gasteiger partial charge in [0.05, 0.1) is 15.9 Å². The maximum atomic E-state index is 10.8. The molecule has 0 aliphatic rings. The molecule has 0 aliphatic heterocycles. The van der Waals surface area contributed by atoms with Crippen molar-refractivity contribution in [1.29, 1.82) is 0 Å². The summed E-state index contributed by atoms with van der Waals surface area (Å²) in [4.78, 5) is 19.9. The largest absolute Gasteiger partial charge is 0.378 e. The lowest BCUT2D eigenvalue weighted by atomic mass is 10.2. The van der Waals surface area contributed by atoms with Gasteiger partial charge in [-0.25, -0.2) is 0 Å². The average Bonchev–Trinajstić information content (AvgIpc) is 2.25. The number of nitrogens with two attached hydrogens (primary N) is 1. The van der Waals surface area contributed by atoms with Gasteiger partial charge in [0.1, 0.15) is 5.69 Å². The number of hydrogen-bond donors (Lipinski definition) is 2. The van der Waals surface area contributed by atoms with Gasteiger partial charge in [0.25, 0.3) is 11.4 Å². The summed E-state index contributed by atoms with van der Waals surface area (Å²) < 4.78 is 0. The molecule has 0 saturated carbocycles. The maximum Gasteiger partial charge on any atom is 0.299 e. The lowest BCUT2D eigenvalue weighted by Gasteiger charge is -2.08. The summed E-state index contributed by atoms with van der Waals surface area (Å²) in [5.41, 5.74) is 5.07. The van der Waals surface area contributed by atoms with Gasteiger partial charge in [0, 0.05) is 18.7 Å². The first kappa shape index (κ1) is 12.8. The molecule has 0 amide bonds. The summed E-state index contributed by atoms with van der Waals surface area (Å²) in [6.07, 6.45) is 0. The molecule has 0 radical (unpaired) electrons. The summed E-state index contributed by atoms with van der Waals surface area (Å²) in [6, 6.07) is 3.25. The van der Waals surface area contributed by atoms with Gasteiger partial charge in [-0.05, 0) is 13.0 Å². The topological polar surface area (TPSA) is 124 Å². The van der Waals surface area contributed by atoms with Crippen molar-refractivity contribution >= 4 is 17.1 Å². The standard InChI is InChI=1S/C9H12N4O4/c1-6(10)5-11-8-3-2-7(12(14)15)4-9(8)13(16)17/h2-4,6,11H,5,10H2,1H3/t6-/m1/s1. The van der Waals surface area contributed by atoms with E-state index in [9.17, 15) is 20.2 Å². The summed E-state index contributed by atoms with van der Waals surface area (Å²) >= 11 is 0. The van der Waals surface area contributed by atoms with Crippen molar-refractivity contribution in [1.82, 2.24) is 0 Å². The monoisotopic (exact) mass is 240 g/mol. The number of benzene rings is 1. The van der Waals surface area contributed by atoms with Crippen LogP contribution in [-0.2, 0) is 0 Å². The Bertz CT molecular complexity index is 447. The molecule has 0 fully saturated rings. The molecule has 1 aromatic carbocycles. The van der Waals surface area contributed by atoms with Crippen molar-refractivity contribution in [2.24, 2.45) is 5.73 Å². The molecule has 0 spiro atoms. The molecule has 17 heavy (non-hydrogen) atoms. The average molecular weight is 240 g/mol. The first-order valence-electron chi connectivity index (χ1n) is 4.84. The van der Waals surface area contributed by atoms with Gasteiger partial charge in [0.15, 0.2) is 0 Å². The Morgan fingerprint density at radius 2 is 2.00 bits per heavy atom. The van der Waals surface area contributed by atoms with Gasteiger partial charge in [-0.2, -0.15) is 0 Å². The van der Waals surface area contributed by atoms with Gasteiger partial charge in [-0.3, -0.25) is 20.2 Å². The summed E-state index contributed by atoms with van der Waals surface area (Å²) in [6.45, 7) is 2.09. The van der Waals surface area contributed by atoms with Gasteiger partial charge in [-0.15, -0.1) is 0 Å². The van der Waals surface area contributed by atoms with E-state index in [0.717, 1.165) is 6.07 Å². The molecule has 1 aromatic rings. The minimum Gasteiger partial charge on any atom is -0.378 e. The Morgan fingerprint density at radius 1 is 1.35 bits per heavy atom. The van der Waals surface area contributed by atoms with Crippen LogP contribution >= 0.6 is 0 Å². The van der Waals surface area contributed by atoms with E-state index in [1.54, 1.807) is 6.92 Å². The van der Waals surface area contributed by atoms with Gasteiger partial charge in [-0.1, -0.05) is 0 Å². The minimum absolute atomic E-state index is 0.176. The molecule has 1 atom stereocenters. The van der Waals surface area contributed by atoms with Crippen LogP contribution in [0.15, 0.2) is 18.2 Å². The number of nitro groups is 2. The van der Waals surface area contributed by atoms with Crippen molar-refractivity contribution in [2.75, 3.05) is 11.9 Å². The van der Waals surface area contributed by atoms with Gasteiger partial charge in [0.2, 0.25) is 0 Å². The molecular formula is C9H12N4O4. The molecule has 3 N–H and O–H groups in total. The van der Waals surface area contributed by atoms with E-state index in [4.69, 9.17) is 5.73 Å². The number of rotatable bonds is 5. The number of nitrogens with zero attached hydrogens (tertiary/aromatic N) is 2. The van der Waals surface area contributed by atoms with E-state index < -0.39 is 9.85 Å². The molecule has 0 aromatic heterocycles. The normalized spacial score (nSPS) is 11.9. The van der Waals surface area contributed by atoms with E-state index >= 15 is 0 Å². The summed E-state index contributed by atoms with van der Waals surface area (Å²) in [7, 11) is 0. The number of non-ortho nitro benzene ring substituents is 1. The fourth-order valence-corrected chi connectivity index (χ4v) is 1.21. The van der Waals surface area contributed by atoms with Gasteiger partial charge >= 0.3 is 0 Å². The van der Waals surface area contributed by atoms with Crippen LogP contribution in [0.4, 0.5) is 17.1 Å². The van der Waals surface area contributed by atoms with Crippen LogP contribution in [0.2, 0.25) is 0 Å². The number of hydrogen-bond acceptors (Lipinski definition) is 6. The Labute approximate surface area is 96.7 Å². The Balaban J connectivity index is 3.04. The van der Waals surface area contributed by atoms with Crippen molar-refractivity contribution in [3.8, 4) is 0 Å². The number of nitrogens with one attached hydrogen (secondary N) is 1. The highest BCUT2D eigenvalue weighted by molar-refractivity contribution is 5.65. The second-order valence-corrected chi connectivity index (χ2v) is 3.57. The van der Waals surface area contributed by atoms with E-state index in [1.165, 1.54) is 12.1 Å². The van der Waals surface area contributed by atoms with Crippen LogP contribution in [0.5, 0.6) is 0 Å². The molecule has 0 unspecified atom stereocenters. The van der Waals surface area contributed by atoms with Crippen LogP contribution in [0.3, 0.4) is 0 Å². The molecule has 0 aliphatic carbocycles. The van der Waals surface area contributed by atoms with E-state index in [1.807, 2.05) is 0 Å².